The van der Waals surface area contributed by atoms with Crippen LogP contribution in [0.3, 0.4) is 0 Å². The third-order valence-corrected chi connectivity index (χ3v) is 5.49. The van der Waals surface area contributed by atoms with Gasteiger partial charge in [0.1, 0.15) is 16.4 Å². The van der Waals surface area contributed by atoms with Crippen LogP contribution in [0.1, 0.15) is 22.0 Å². The second kappa shape index (κ2) is 8.34. The van der Waals surface area contributed by atoms with Crippen LogP contribution < -0.4 is 21.1 Å². The number of ether oxygens (including phenoxy) is 1. The first-order valence-electron chi connectivity index (χ1n) is 9.11. The van der Waals surface area contributed by atoms with Gasteiger partial charge in [-0.1, -0.05) is 12.1 Å². The van der Waals surface area contributed by atoms with Gasteiger partial charge in [0.25, 0.3) is 5.91 Å². The Morgan fingerprint density at radius 1 is 1.31 bits per heavy atom. The molecule has 29 heavy (non-hydrogen) atoms. The lowest BCUT2D eigenvalue weighted by Gasteiger charge is -2.18. The third-order valence-electron chi connectivity index (χ3n) is 4.66. The molecule has 4 aromatic rings. The number of nitrogens with two attached hydrogens (primary N) is 1. The number of rotatable bonds is 7. The molecule has 4 rings (SSSR count). The number of aromatic amines is 1. The minimum Gasteiger partial charge on any atom is -0.497 e. The smallest absolute Gasteiger partial charge is 0.254 e. The lowest BCUT2D eigenvalue weighted by Crippen LogP contribution is -2.33. The Bertz CT molecular complexity index is 1140. The van der Waals surface area contributed by atoms with Crippen LogP contribution in [-0.4, -0.2) is 29.5 Å². The number of methoxy groups -OCH3 is 1. The summed E-state index contributed by atoms with van der Waals surface area (Å²) in [6.45, 7) is 0.278. The zero-order valence-electron chi connectivity index (χ0n) is 15.8. The van der Waals surface area contributed by atoms with Crippen molar-refractivity contribution in [1.29, 1.82) is 0 Å². The summed E-state index contributed by atoms with van der Waals surface area (Å²) in [5, 5.41) is 9.99. The number of benzene rings is 1. The number of anilines is 2. The molecule has 0 spiro atoms. The Morgan fingerprint density at radius 3 is 3.03 bits per heavy atom. The Hall–Kier alpha value is -3.36. The maximum Gasteiger partial charge on any atom is 0.254 e. The van der Waals surface area contributed by atoms with E-state index in [1.807, 2.05) is 48.0 Å². The number of nitrogens with one attached hydrogen (secondary N) is 3. The van der Waals surface area contributed by atoms with E-state index < -0.39 is 0 Å². The molecule has 0 aliphatic rings. The Morgan fingerprint density at radius 2 is 2.21 bits per heavy atom. The highest BCUT2D eigenvalue weighted by Crippen LogP contribution is 2.31. The molecule has 1 aromatic carbocycles. The molecule has 1 amide bonds. The van der Waals surface area contributed by atoms with Gasteiger partial charge in [0.15, 0.2) is 0 Å². The van der Waals surface area contributed by atoms with Crippen LogP contribution >= 0.6 is 11.3 Å². The predicted octanol–water partition coefficient (Wildman–Crippen LogP) is 3.81. The number of H-pyrrole nitrogens is 1. The maximum absolute atomic E-state index is 13.0. The van der Waals surface area contributed by atoms with E-state index in [9.17, 15) is 4.79 Å². The highest BCUT2D eigenvalue weighted by Gasteiger charge is 2.19. The lowest BCUT2D eigenvalue weighted by atomic mass is 10.1. The van der Waals surface area contributed by atoms with E-state index in [1.165, 1.54) is 11.3 Å². The molecule has 0 radical (unpaired) electrons. The molecule has 5 N–H and O–H groups in total. The van der Waals surface area contributed by atoms with Crippen LogP contribution in [0.15, 0.2) is 60.2 Å². The molecular weight excluding hydrogens is 386 g/mol. The molecule has 0 saturated carbocycles. The molecule has 3 aromatic heterocycles. The summed E-state index contributed by atoms with van der Waals surface area (Å²) in [6, 6.07) is 12.9. The zero-order valence-corrected chi connectivity index (χ0v) is 16.6. The van der Waals surface area contributed by atoms with Crippen molar-refractivity contribution < 1.29 is 9.53 Å². The van der Waals surface area contributed by atoms with Crippen LogP contribution in [0.2, 0.25) is 0 Å². The number of fused-ring (bicyclic) bond motifs is 1. The highest BCUT2D eigenvalue weighted by atomic mass is 32.1. The summed E-state index contributed by atoms with van der Waals surface area (Å²) in [7, 11) is 1.61. The van der Waals surface area contributed by atoms with Gasteiger partial charge in [-0.05, 0) is 41.3 Å². The molecular formula is C21H21N5O2S. The summed E-state index contributed by atoms with van der Waals surface area (Å²) in [5.74, 6) is 0.535. The number of hydrogen-bond acceptors (Lipinski definition) is 6. The first kappa shape index (κ1) is 19.0. The maximum atomic E-state index is 13.0. The first-order valence-corrected chi connectivity index (χ1v) is 9.99. The number of nitrogens with zero attached hydrogens (tertiary/aromatic N) is 1. The van der Waals surface area contributed by atoms with Gasteiger partial charge in [-0.3, -0.25) is 4.79 Å². The molecule has 0 fully saturated rings. The summed E-state index contributed by atoms with van der Waals surface area (Å²) in [4.78, 5) is 20.4. The minimum atomic E-state index is -0.317. The van der Waals surface area contributed by atoms with Crippen LogP contribution in [0.25, 0.3) is 11.0 Å². The quantitative estimate of drug-likeness (QED) is 0.373. The van der Waals surface area contributed by atoms with Gasteiger partial charge in [0.05, 0.1) is 24.4 Å². The van der Waals surface area contributed by atoms with Crippen LogP contribution in [0.5, 0.6) is 5.75 Å². The summed E-state index contributed by atoms with van der Waals surface area (Å²) >= 11 is 1.47. The summed E-state index contributed by atoms with van der Waals surface area (Å²) < 4.78 is 5.27. The Kier molecular flexibility index (Phi) is 5.46. The fourth-order valence-corrected chi connectivity index (χ4v) is 3.95. The van der Waals surface area contributed by atoms with E-state index in [0.717, 1.165) is 33.0 Å². The van der Waals surface area contributed by atoms with Gasteiger partial charge >= 0.3 is 0 Å². The van der Waals surface area contributed by atoms with Crippen molar-refractivity contribution in [3.63, 3.8) is 0 Å². The monoisotopic (exact) mass is 407 g/mol. The molecule has 0 aliphatic carbocycles. The van der Waals surface area contributed by atoms with Crippen LogP contribution in [-0.2, 0) is 0 Å². The fraction of sp³-hybridized carbons (Fsp3) is 0.143. The molecule has 0 bridgehead atoms. The van der Waals surface area contributed by atoms with E-state index in [-0.39, 0.29) is 18.5 Å². The van der Waals surface area contributed by atoms with Crippen molar-refractivity contribution in [3.05, 3.63) is 71.4 Å². The lowest BCUT2D eigenvalue weighted by molar-refractivity contribution is 0.0939. The molecule has 0 aliphatic heterocycles. The van der Waals surface area contributed by atoms with Crippen molar-refractivity contribution in [1.82, 2.24) is 15.3 Å². The highest BCUT2D eigenvalue weighted by molar-refractivity contribution is 7.14. The van der Waals surface area contributed by atoms with Crippen molar-refractivity contribution in [2.24, 2.45) is 5.73 Å². The summed E-state index contributed by atoms with van der Waals surface area (Å²) in [5.41, 5.74) is 9.07. The van der Waals surface area contributed by atoms with Crippen molar-refractivity contribution in [2.45, 2.75) is 6.04 Å². The average Bonchev–Trinajstić information content (AvgIpc) is 3.42. The zero-order chi connectivity index (χ0) is 20.2. The first-order chi connectivity index (χ1) is 14.2. The third kappa shape index (κ3) is 3.94. The Labute approximate surface area is 171 Å². The van der Waals surface area contributed by atoms with Gasteiger partial charge in [-0.2, -0.15) is 0 Å². The van der Waals surface area contributed by atoms with Gasteiger partial charge in [0, 0.05) is 24.3 Å². The SMILES string of the molecule is COc1cccc(C(CN)NC(=O)c2ccsc2Nc2ccnc3[nH]ccc23)c1. The van der Waals surface area contributed by atoms with E-state index in [4.69, 9.17) is 10.5 Å². The van der Waals surface area contributed by atoms with Crippen LogP contribution in [0, 0.1) is 0 Å². The predicted molar refractivity (Wildman–Crippen MR) is 116 cm³/mol. The van der Waals surface area contributed by atoms with E-state index in [1.54, 1.807) is 19.4 Å². The van der Waals surface area contributed by atoms with Gasteiger partial charge < -0.3 is 26.1 Å². The molecule has 1 atom stereocenters. The molecule has 148 valence electrons. The number of aromatic nitrogens is 2. The average molecular weight is 407 g/mol. The van der Waals surface area contributed by atoms with Crippen LogP contribution in [0.4, 0.5) is 10.7 Å². The van der Waals surface area contributed by atoms with Gasteiger partial charge in [0.2, 0.25) is 0 Å². The van der Waals surface area contributed by atoms with E-state index >= 15 is 0 Å². The topological polar surface area (TPSA) is 105 Å². The normalized spacial score (nSPS) is 11.9. The number of carbonyl (C=O) groups is 1. The molecule has 7 nitrogen and oxygen atoms in total. The second-order valence-corrected chi connectivity index (χ2v) is 7.34. The molecule has 1 unspecified atom stereocenters. The van der Waals surface area contributed by atoms with Gasteiger partial charge in [-0.15, -0.1) is 11.3 Å². The fourth-order valence-electron chi connectivity index (χ4n) is 3.15. The van der Waals surface area contributed by atoms with E-state index in [2.05, 4.69) is 20.6 Å². The number of thiophene rings is 1. The van der Waals surface area contributed by atoms with Crippen molar-refractivity contribution >= 4 is 39.0 Å². The minimum absolute atomic E-state index is 0.189. The standard InChI is InChI=1S/C21H21N5O2S/c1-28-14-4-2-3-13(11-14)18(12-22)25-20(27)16-7-10-29-21(16)26-17-6-9-24-19-15(17)5-8-23-19/h2-11,18H,12,22H2,1H3,(H,25,27)(H2,23,24,26). The van der Waals surface area contributed by atoms with E-state index in [0.29, 0.717) is 5.56 Å². The van der Waals surface area contributed by atoms with Gasteiger partial charge in [-0.25, -0.2) is 4.98 Å². The second-order valence-electron chi connectivity index (χ2n) is 6.43. The number of pyridine rings is 1. The molecule has 0 saturated heterocycles. The Balaban J connectivity index is 1.55. The van der Waals surface area contributed by atoms with Crippen molar-refractivity contribution in [2.75, 3.05) is 19.0 Å². The number of hydrogen-bond donors (Lipinski definition) is 4. The molecule has 3 heterocycles. The number of amides is 1. The number of carbonyl (C=O) groups excluding carboxylic acids is 1. The summed E-state index contributed by atoms with van der Waals surface area (Å²) in [6.07, 6.45) is 3.56. The molecule has 8 heteroatoms. The largest absolute Gasteiger partial charge is 0.497 e. The van der Waals surface area contributed by atoms with Crippen molar-refractivity contribution in [3.8, 4) is 5.75 Å².